The number of aromatic nitrogens is 3. The molecule has 0 aliphatic carbocycles. The largest absolute Gasteiger partial charge is 0.306 e. The van der Waals surface area contributed by atoms with Crippen LogP contribution in [0.2, 0.25) is 5.02 Å². The summed E-state index contributed by atoms with van der Waals surface area (Å²) in [5.74, 6) is 0. The number of aromatic amines is 1. The molecule has 2 aromatic heterocycles. The second kappa shape index (κ2) is 3.99. The van der Waals surface area contributed by atoms with E-state index in [9.17, 15) is 4.79 Å². The minimum atomic E-state index is -0.158. The average Bonchev–Trinajstić information content (AvgIpc) is 2.72. The van der Waals surface area contributed by atoms with Gasteiger partial charge in [0.25, 0.3) is 0 Å². The normalized spacial score (nSPS) is 11.0. The van der Waals surface area contributed by atoms with Gasteiger partial charge < -0.3 is 4.98 Å². The number of fused-ring (bicyclic) bond motifs is 1. The third-order valence-electron chi connectivity index (χ3n) is 2.86. The number of benzene rings is 1. The Morgan fingerprint density at radius 1 is 1.28 bits per heavy atom. The standard InChI is InChI=1S/C13H10ClN3O/c1-8-3-2-4-9(14)12(8)17-7-15-10-5-6-11(18)16-13(10)17/h2-7H,1H3,(H,16,18). The summed E-state index contributed by atoms with van der Waals surface area (Å²) < 4.78 is 1.80. The van der Waals surface area contributed by atoms with E-state index in [0.717, 1.165) is 16.8 Å². The van der Waals surface area contributed by atoms with Gasteiger partial charge in [-0.2, -0.15) is 0 Å². The molecular weight excluding hydrogens is 250 g/mol. The molecule has 0 atom stereocenters. The number of nitrogens with one attached hydrogen (secondary N) is 1. The molecule has 2 heterocycles. The number of rotatable bonds is 1. The lowest BCUT2D eigenvalue weighted by Crippen LogP contribution is -2.06. The van der Waals surface area contributed by atoms with E-state index in [4.69, 9.17) is 11.6 Å². The van der Waals surface area contributed by atoms with Crippen molar-refractivity contribution in [1.29, 1.82) is 0 Å². The number of nitrogens with zero attached hydrogens (tertiary/aromatic N) is 2. The maximum absolute atomic E-state index is 11.4. The van der Waals surface area contributed by atoms with E-state index in [2.05, 4.69) is 9.97 Å². The minimum Gasteiger partial charge on any atom is -0.306 e. The summed E-state index contributed by atoms with van der Waals surface area (Å²) in [5.41, 5.74) is 3.08. The summed E-state index contributed by atoms with van der Waals surface area (Å²) in [6, 6.07) is 8.82. The molecule has 5 heteroatoms. The fraction of sp³-hybridized carbons (Fsp3) is 0.0769. The van der Waals surface area contributed by atoms with Gasteiger partial charge in [0.1, 0.15) is 17.5 Å². The van der Waals surface area contributed by atoms with Gasteiger partial charge >= 0.3 is 0 Å². The summed E-state index contributed by atoms with van der Waals surface area (Å²) in [6.07, 6.45) is 1.66. The van der Waals surface area contributed by atoms with Crippen LogP contribution < -0.4 is 5.56 Å². The molecule has 4 nitrogen and oxygen atoms in total. The lowest BCUT2D eigenvalue weighted by Gasteiger charge is -2.09. The molecular formula is C13H10ClN3O. The average molecular weight is 260 g/mol. The predicted octanol–water partition coefficient (Wildman–Crippen LogP) is 2.68. The molecule has 18 heavy (non-hydrogen) atoms. The van der Waals surface area contributed by atoms with Gasteiger partial charge in [0.15, 0.2) is 0 Å². The molecule has 0 aliphatic heterocycles. The van der Waals surface area contributed by atoms with Crippen molar-refractivity contribution >= 4 is 22.8 Å². The number of hydrogen-bond donors (Lipinski definition) is 1. The third-order valence-corrected chi connectivity index (χ3v) is 3.16. The first-order valence-electron chi connectivity index (χ1n) is 5.49. The van der Waals surface area contributed by atoms with E-state index < -0.39 is 0 Å². The molecule has 3 rings (SSSR count). The minimum absolute atomic E-state index is 0.158. The highest BCUT2D eigenvalue weighted by molar-refractivity contribution is 6.32. The van der Waals surface area contributed by atoms with Gasteiger partial charge in [-0.3, -0.25) is 9.36 Å². The maximum Gasteiger partial charge on any atom is 0.249 e. The van der Waals surface area contributed by atoms with Crippen LogP contribution in [0.5, 0.6) is 0 Å². The van der Waals surface area contributed by atoms with Crippen molar-refractivity contribution in [2.45, 2.75) is 6.92 Å². The van der Waals surface area contributed by atoms with Crippen LogP contribution in [0.25, 0.3) is 16.9 Å². The Balaban J connectivity index is 2.39. The zero-order valence-electron chi connectivity index (χ0n) is 9.64. The molecule has 0 amide bonds. The van der Waals surface area contributed by atoms with Gasteiger partial charge in [0, 0.05) is 6.07 Å². The van der Waals surface area contributed by atoms with E-state index in [0.29, 0.717) is 10.7 Å². The van der Waals surface area contributed by atoms with Crippen LogP contribution in [0.3, 0.4) is 0 Å². The molecule has 0 fully saturated rings. The first kappa shape index (κ1) is 11.0. The molecule has 0 saturated heterocycles. The number of para-hydroxylation sites is 1. The Hall–Kier alpha value is -2.07. The quantitative estimate of drug-likeness (QED) is 0.730. The van der Waals surface area contributed by atoms with Gasteiger partial charge in [-0.25, -0.2) is 4.98 Å². The molecule has 3 aromatic rings. The monoisotopic (exact) mass is 259 g/mol. The molecule has 0 spiro atoms. The van der Waals surface area contributed by atoms with E-state index >= 15 is 0 Å². The predicted molar refractivity (Wildman–Crippen MR) is 71.4 cm³/mol. The highest BCUT2D eigenvalue weighted by Gasteiger charge is 2.10. The van der Waals surface area contributed by atoms with Gasteiger partial charge in [-0.1, -0.05) is 23.7 Å². The summed E-state index contributed by atoms with van der Waals surface area (Å²) in [4.78, 5) is 18.4. The fourth-order valence-electron chi connectivity index (χ4n) is 2.02. The summed E-state index contributed by atoms with van der Waals surface area (Å²) >= 11 is 6.22. The van der Waals surface area contributed by atoms with Crippen molar-refractivity contribution in [3.63, 3.8) is 0 Å². The van der Waals surface area contributed by atoms with E-state index in [-0.39, 0.29) is 5.56 Å². The summed E-state index contributed by atoms with van der Waals surface area (Å²) in [6.45, 7) is 1.97. The highest BCUT2D eigenvalue weighted by atomic mass is 35.5. The lowest BCUT2D eigenvalue weighted by molar-refractivity contribution is 1.04. The van der Waals surface area contributed by atoms with Crippen LogP contribution in [-0.4, -0.2) is 14.5 Å². The number of imidazole rings is 1. The Morgan fingerprint density at radius 3 is 2.89 bits per heavy atom. The van der Waals surface area contributed by atoms with Crippen LogP contribution in [-0.2, 0) is 0 Å². The van der Waals surface area contributed by atoms with Crippen LogP contribution in [0.15, 0.2) is 41.5 Å². The molecule has 1 aromatic carbocycles. The molecule has 0 unspecified atom stereocenters. The van der Waals surface area contributed by atoms with Crippen molar-refractivity contribution in [2.24, 2.45) is 0 Å². The molecule has 0 bridgehead atoms. The molecule has 1 N–H and O–H groups in total. The number of pyridine rings is 1. The smallest absolute Gasteiger partial charge is 0.249 e. The first-order valence-corrected chi connectivity index (χ1v) is 5.86. The summed E-state index contributed by atoms with van der Waals surface area (Å²) in [7, 11) is 0. The number of halogens is 1. The van der Waals surface area contributed by atoms with Gasteiger partial charge in [-0.05, 0) is 24.6 Å². The number of H-pyrrole nitrogens is 1. The fourth-order valence-corrected chi connectivity index (χ4v) is 2.33. The van der Waals surface area contributed by atoms with Crippen molar-refractivity contribution in [3.8, 4) is 5.69 Å². The van der Waals surface area contributed by atoms with E-state index in [1.165, 1.54) is 6.07 Å². The van der Waals surface area contributed by atoms with Gasteiger partial charge in [0.05, 0.1) is 10.7 Å². The maximum atomic E-state index is 11.4. The van der Waals surface area contributed by atoms with E-state index in [1.807, 2.05) is 25.1 Å². The van der Waals surface area contributed by atoms with Crippen LogP contribution in [0.4, 0.5) is 0 Å². The Bertz CT molecular complexity index is 768. The zero-order valence-corrected chi connectivity index (χ0v) is 10.4. The Morgan fingerprint density at radius 2 is 2.11 bits per heavy atom. The SMILES string of the molecule is Cc1cccc(Cl)c1-n1cnc2ccc(=O)[nH]c21. The second-order valence-electron chi connectivity index (χ2n) is 4.08. The lowest BCUT2D eigenvalue weighted by atomic mass is 10.2. The first-order chi connectivity index (χ1) is 8.66. The van der Waals surface area contributed by atoms with E-state index in [1.54, 1.807) is 17.0 Å². The van der Waals surface area contributed by atoms with Gasteiger partial charge in [0.2, 0.25) is 5.56 Å². The molecule has 90 valence electrons. The Kier molecular flexibility index (Phi) is 2.45. The van der Waals surface area contributed by atoms with Crippen molar-refractivity contribution in [1.82, 2.24) is 14.5 Å². The number of aryl methyl sites for hydroxylation is 1. The second-order valence-corrected chi connectivity index (χ2v) is 4.48. The molecule has 0 radical (unpaired) electrons. The van der Waals surface area contributed by atoms with Crippen molar-refractivity contribution in [3.05, 3.63) is 57.6 Å². The van der Waals surface area contributed by atoms with Crippen LogP contribution in [0, 0.1) is 6.92 Å². The van der Waals surface area contributed by atoms with Gasteiger partial charge in [-0.15, -0.1) is 0 Å². The zero-order chi connectivity index (χ0) is 12.7. The summed E-state index contributed by atoms with van der Waals surface area (Å²) in [5, 5.41) is 0.624. The van der Waals surface area contributed by atoms with Crippen LogP contribution >= 0.6 is 11.6 Å². The third kappa shape index (κ3) is 1.62. The molecule has 0 saturated carbocycles. The molecule has 0 aliphatic rings. The topological polar surface area (TPSA) is 50.7 Å². The van der Waals surface area contributed by atoms with Crippen molar-refractivity contribution in [2.75, 3.05) is 0 Å². The number of hydrogen-bond acceptors (Lipinski definition) is 2. The Labute approximate surface area is 108 Å². The van der Waals surface area contributed by atoms with Crippen molar-refractivity contribution < 1.29 is 0 Å². The van der Waals surface area contributed by atoms with Crippen LogP contribution in [0.1, 0.15) is 5.56 Å². The highest BCUT2D eigenvalue weighted by Crippen LogP contribution is 2.26.